The van der Waals surface area contributed by atoms with Gasteiger partial charge in [-0.1, -0.05) is 12.8 Å². The second kappa shape index (κ2) is 5.42. The van der Waals surface area contributed by atoms with Crippen molar-refractivity contribution in [3.05, 3.63) is 0 Å². The first-order valence-corrected chi connectivity index (χ1v) is 8.75. The van der Waals surface area contributed by atoms with E-state index in [0.717, 1.165) is 44.9 Å². The first-order chi connectivity index (χ1) is 11.1. The number of amides is 4. The molecule has 4 amide bonds. The average molecular weight is 318 g/mol. The number of fused-ring (bicyclic) bond motifs is 2. The topological polar surface area (TPSA) is 92.3 Å². The molecule has 0 aromatic heterocycles. The Morgan fingerprint density at radius 2 is 1.09 bits per heavy atom. The molecule has 4 rings (SSSR count). The van der Waals surface area contributed by atoms with Crippen molar-refractivity contribution in [2.45, 2.75) is 44.9 Å². The number of carbonyl (C=O) groups excluding carboxylic acids is 4. The Balaban J connectivity index is 1.53. The SMILES string of the molecule is O=C1NC(=O)C2C(CC3CCCC4C(=O)NC(=O)C34)CCCC12. The van der Waals surface area contributed by atoms with Gasteiger partial charge in [0, 0.05) is 0 Å². The lowest BCUT2D eigenvalue weighted by atomic mass is 9.65. The molecule has 2 saturated heterocycles. The Labute approximate surface area is 134 Å². The van der Waals surface area contributed by atoms with Crippen LogP contribution in [0.5, 0.6) is 0 Å². The molecule has 6 unspecified atom stereocenters. The van der Waals surface area contributed by atoms with E-state index < -0.39 is 0 Å². The zero-order valence-electron chi connectivity index (χ0n) is 13.0. The summed E-state index contributed by atoms with van der Waals surface area (Å²) in [4.78, 5) is 48.1. The molecule has 6 heteroatoms. The van der Waals surface area contributed by atoms with Crippen LogP contribution in [0.25, 0.3) is 0 Å². The molecule has 0 bridgehead atoms. The fraction of sp³-hybridized carbons (Fsp3) is 0.765. The summed E-state index contributed by atoms with van der Waals surface area (Å²) in [6.45, 7) is 0. The summed E-state index contributed by atoms with van der Waals surface area (Å²) in [5, 5.41) is 4.95. The minimum absolute atomic E-state index is 0.125. The quantitative estimate of drug-likeness (QED) is 0.735. The van der Waals surface area contributed by atoms with Gasteiger partial charge in [0.2, 0.25) is 23.6 Å². The third-order valence-electron chi connectivity index (χ3n) is 6.44. The molecule has 6 atom stereocenters. The van der Waals surface area contributed by atoms with Crippen LogP contribution < -0.4 is 10.6 Å². The molecule has 0 radical (unpaired) electrons. The van der Waals surface area contributed by atoms with Gasteiger partial charge in [0.1, 0.15) is 0 Å². The molecule has 23 heavy (non-hydrogen) atoms. The van der Waals surface area contributed by atoms with Gasteiger partial charge >= 0.3 is 0 Å². The van der Waals surface area contributed by atoms with Crippen LogP contribution in [-0.4, -0.2) is 23.6 Å². The van der Waals surface area contributed by atoms with E-state index >= 15 is 0 Å². The zero-order chi connectivity index (χ0) is 16.1. The van der Waals surface area contributed by atoms with E-state index in [2.05, 4.69) is 10.6 Å². The van der Waals surface area contributed by atoms with Crippen molar-refractivity contribution < 1.29 is 19.2 Å². The van der Waals surface area contributed by atoms with Crippen molar-refractivity contribution in [2.24, 2.45) is 35.5 Å². The Morgan fingerprint density at radius 3 is 1.52 bits per heavy atom. The van der Waals surface area contributed by atoms with Gasteiger partial charge in [-0.3, -0.25) is 29.8 Å². The smallest absolute Gasteiger partial charge is 0.230 e. The maximum absolute atomic E-state index is 12.1. The molecule has 0 spiro atoms. The maximum atomic E-state index is 12.1. The lowest BCUT2D eigenvalue weighted by molar-refractivity contribution is -0.127. The summed E-state index contributed by atoms with van der Waals surface area (Å²) in [5.41, 5.74) is 0. The van der Waals surface area contributed by atoms with E-state index in [9.17, 15) is 19.2 Å². The predicted molar refractivity (Wildman–Crippen MR) is 79.6 cm³/mol. The lowest BCUT2D eigenvalue weighted by Gasteiger charge is -2.37. The van der Waals surface area contributed by atoms with Crippen molar-refractivity contribution in [3.8, 4) is 0 Å². The first kappa shape index (κ1) is 14.8. The molecule has 2 saturated carbocycles. The minimum atomic E-state index is -0.225. The number of carbonyl (C=O) groups is 4. The lowest BCUT2D eigenvalue weighted by Crippen LogP contribution is -2.37. The molecule has 4 aliphatic rings. The van der Waals surface area contributed by atoms with Crippen LogP contribution in [-0.2, 0) is 19.2 Å². The van der Waals surface area contributed by atoms with Crippen LogP contribution in [0, 0.1) is 35.5 Å². The van der Waals surface area contributed by atoms with E-state index in [1.54, 1.807) is 0 Å². The molecule has 2 aliphatic carbocycles. The highest BCUT2D eigenvalue weighted by atomic mass is 16.2. The van der Waals surface area contributed by atoms with Crippen LogP contribution in [0.4, 0.5) is 0 Å². The highest BCUT2D eigenvalue weighted by Gasteiger charge is 2.51. The highest BCUT2D eigenvalue weighted by molar-refractivity contribution is 6.06. The third kappa shape index (κ3) is 2.30. The van der Waals surface area contributed by atoms with Gasteiger partial charge in [0.15, 0.2) is 0 Å². The van der Waals surface area contributed by atoms with Gasteiger partial charge in [-0.05, 0) is 43.9 Å². The first-order valence-electron chi connectivity index (χ1n) is 8.75. The number of imide groups is 2. The van der Waals surface area contributed by atoms with Crippen molar-refractivity contribution in [1.82, 2.24) is 10.6 Å². The van der Waals surface area contributed by atoms with Crippen LogP contribution in [0.1, 0.15) is 44.9 Å². The summed E-state index contributed by atoms with van der Waals surface area (Å²) in [6, 6.07) is 0. The largest absolute Gasteiger partial charge is 0.296 e. The molecule has 6 nitrogen and oxygen atoms in total. The fourth-order valence-corrected chi connectivity index (χ4v) is 5.47. The summed E-state index contributed by atoms with van der Waals surface area (Å²) in [6.07, 6.45) is 6.14. The molecule has 4 fully saturated rings. The van der Waals surface area contributed by atoms with E-state index in [1.807, 2.05) is 0 Å². The number of hydrogen-bond acceptors (Lipinski definition) is 4. The zero-order valence-corrected chi connectivity index (χ0v) is 13.0. The van der Waals surface area contributed by atoms with E-state index in [4.69, 9.17) is 0 Å². The molecule has 0 aromatic carbocycles. The second-order valence-electron chi connectivity index (χ2n) is 7.59. The van der Waals surface area contributed by atoms with Crippen LogP contribution >= 0.6 is 0 Å². The fourth-order valence-electron chi connectivity index (χ4n) is 5.47. The summed E-state index contributed by atoms with van der Waals surface area (Å²) in [5.74, 6) is -1.01. The summed E-state index contributed by atoms with van der Waals surface area (Å²) in [7, 11) is 0. The molecular weight excluding hydrogens is 296 g/mol. The summed E-state index contributed by atoms with van der Waals surface area (Å²) >= 11 is 0. The summed E-state index contributed by atoms with van der Waals surface area (Å²) < 4.78 is 0. The number of nitrogens with one attached hydrogen (secondary N) is 2. The van der Waals surface area contributed by atoms with Crippen molar-refractivity contribution in [3.63, 3.8) is 0 Å². The van der Waals surface area contributed by atoms with E-state index in [-0.39, 0.29) is 59.1 Å². The van der Waals surface area contributed by atoms with E-state index in [1.165, 1.54) is 0 Å². The standard InChI is InChI=1S/C17H22N2O4/c20-14-10-5-1-3-8(12(10)16(22)18-14)7-9-4-2-6-11-13(9)17(23)19-15(11)21/h8-13H,1-7H2,(H,18,20,22)(H,19,21,23). The molecule has 2 N–H and O–H groups in total. The van der Waals surface area contributed by atoms with Gasteiger partial charge in [0.05, 0.1) is 23.7 Å². The van der Waals surface area contributed by atoms with E-state index in [0.29, 0.717) is 0 Å². The van der Waals surface area contributed by atoms with Gasteiger partial charge < -0.3 is 0 Å². The van der Waals surface area contributed by atoms with Gasteiger partial charge in [-0.15, -0.1) is 0 Å². The van der Waals surface area contributed by atoms with Crippen LogP contribution in [0.3, 0.4) is 0 Å². The van der Waals surface area contributed by atoms with Gasteiger partial charge in [-0.25, -0.2) is 0 Å². The van der Waals surface area contributed by atoms with Crippen molar-refractivity contribution >= 4 is 23.6 Å². The normalized spacial score (nSPS) is 43.0. The molecule has 124 valence electrons. The number of rotatable bonds is 2. The molecule has 0 aromatic rings. The molecular formula is C17H22N2O4. The Morgan fingerprint density at radius 1 is 0.652 bits per heavy atom. The van der Waals surface area contributed by atoms with Crippen LogP contribution in [0.2, 0.25) is 0 Å². The third-order valence-corrected chi connectivity index (χ3v) is 6.44. The highest BCUT2D eigenvalue weighted by Crippen LogP contribution is 2.47. The molecule has 2 aliphatic heterocycles. The second-order valence-corrected chi connectivity index (χ2v) is 7.59. The Kier molecular flexibility index (Phi) is 3.50. The number of hydrogen-bond donors (Lipinski definition) is 2. The Hall–Kier alpha value is -1.72. The average Bonchev–Trinajstić information content (AvgIpc) is 2.98. The van der Waals surface area contributed by atoms with Gasteiger partial charge in [0.25, 0.3) is 0 Å². The van der Waals surface area contributed by atoms with Crippen molar-refractivity contribution in [1.29, 1.82) is 0 Å². The maximum Gasteiger partial charge on any atom is 0.230 e. The predicted octanol–water partition coefficient (Wildman–Crippen LogP) is 0.754. The van der Waals surface area contributed by atoms with Crippen molar-refractivity contribution in [2.75, 3.05) is 0 Å². The van der Waals surface area contributed by atoms with Gasteiger partial charge in [-0.2, -0.15) is 0 Å². The monoisotopic (exact) mass is 318 g/mol. The van der Waals surface area contributed by atoms with Crippen LogP contribution in [0.15, 0.2) is 0 Å². The minimum Gasteiger partial charge on any atom is -0.296 e. The Bertz CT molecular complexity index is 537. The molecule has 2 heterocycles.